The van der Waals surface area contributed by atoms with Crippen molar-refractivity contribution in [2.45, 2.75) is 12.5 Å². The number of hydrogen-bond acceptors (Lipinski definition) is 5. The highest BCUT2D eigenvalue weighted by molar-refractivity contribution is 7.91. The van der Waals surface area contributed by atoms with Gasteiger partial charge in [0.05, 0.1) is 23.1 Å². The van der Waals surface area contributed by atoms with E-state index in [1.54, 1.807) is 11.6 Å². The maximum absolute atomic E-state index is 11.1. The molecule has 0 bridgehead atoms. The number of rotatable bonds is 2. The Hall–Kier alpha value is -0.620. The van der Waals surface area contributed by atoms with Gasteiger partial charge < -0.3 is 4.74 Å². The molecule has 1 saturated heterocycles. The zero-order valence-corrected chi connectivity index (χ0v) is 8.47. The number of ether oxygens (including phenoxy) is 1. The lowest BCUT2D eigenvalue weighted by molar-refractivity contribution is 0.229. The SMILES string of the molecule is O=S1(=O)CCC(Oc2cnsc2)C1. The fraction of sp³-hybridized carbons (Fsp3) is 0.571. The van der Waals surface area contributed by atoms with Crippen molar-refractivity contribution < 1.29 is 13.2 Å². The van der Waals surface area contributed by atoms with E-state index in [4.69, 9.17) is 4.74 Å². The Morgan fingerprint density at radius 1 is 1.62 bits per heavy atom. The van der Waals surface area contributed by atoms with E-state index < -0.39 is 9.84 Å². The van der Waals surface area contributed by atoms with E-state index >= 15 is 0 Å². The number of nitrogens with zero attached hydrogens (tertiary/aromatic N) is 1. The lowest BCUT2D eigenvalue weighted by Gasteiger charge is -2.08. The third-order valence-corrected chi connectivity index (χ3v) is 4.21. The van der Waals surface area contributed by atoms with Gasteiger partial charge in [0.25, 0.3) is 0 Å². The van der Waals surface area contributed by atoms with E-state index in [1.807, 2.05) is 0 Å². The molecule has 1 aliphatic heterocycles. The van der Waals surface area contributed by atoms with Crippen LogP contribution in [0.4, 0.5) is 0 Å². The molecule has 0 saturated carbocycles. The first-order chi connectivity index (χ1) is 6.16. The van der Waals surface area contributed by atoms with E-state index in [2.05, 4.69) is 4.37 Å². The van der Waals surface area contributed by atoms with Crippen LogP contribution in [0.1, 0.15) is 6.42 Å². The summed E-state index contributed by atoms with van der Waals surface area (Å²) in [5.41, 5.74) is 0. The molecule has 4 nitrogen and oxygen atoms in total. The van der Waals surface area contributed by atoms with Gasteiger partial charge in [-0.15, -0.1) is 0 Å². The van der Waals surface area contributed by atoms with Crippen molar-refractivity contribution in [3.05, 3.63) is 11.6 Å². The molecule has 1 fully saturated rings. The monoisotopic (exact) mass is 219 g/mol. The third-order valence-electron chi connectivity index (χ3n) is 1.90. The van der Waals surface area contributed by atoms with Crippen LogP contribution in [0.3, 0.4) is 0 Å². The van der Waals surface area contributed by atoms with Crippen molar-refractivity contribution in [3.63, 3.8) is 0 Å². The Morgan fingerprint density at radius 2 is 2.46 bits per heavy atom. The average Bonchev–Trinajstić information content (AvgIpc) is 2.61. The fourth-order valence-corrected chi connectivity index (χ4v) is 3.34. The molecule has 2 heterocycles. The summed E-state index contributed by atoms with van der Waals surface area (Å²) in [6.45, 7) is 0. The molecular weight excluding hydrogens is 210 g/mol. The van der Waals surface area contributed by atoms with Crippen LogP contribution in [0.2, 0.25) is 0 Å². The molecule has 0 spiro atoms. The van der Waals surface area contributed by atoms with E-state index in [9.17, 15) is 8.42 Å². The standard InChI is InChI=1S/C7H9NO3S2/c9-13(10)2-1-6(5-13)11-7-3-8-12-4-7/h3-4,6H,1-2,5H2. The smallest absolute Gasteiger partial charge is 0.154 e. The second-order valence-electron chi connectivity index (χ2n) is 3.00. The van der Waals surface area contributed by atoms with Crippen LogP contribution in [0, 0.1) is 0 Å². The highest BCUT2D eigenvalue weighted by Gasteiger charge is 2.29. The predicted molar refractivity (Wildman–Crippen MR) is 49.8 cm³/mol. The van der Waals surface area contributed by atoms with Crippen molar-refractivity contribution in [1.29, 1.82) is 0 Å². The predicted octanol–water partition coefficient (Wildman–Crippen LogP) is 0.709. The van der Waals surface area contributed by atoms with E-state index in [0.717, 1.165) is 0 Å². The van der Waals surface area contributed by atoms with Crippen LogP contribution in [-0.2, 0) is 9.84 Å². The molecule has 1 aliphatic rings. The molecule has 1 unspecified atom stereocenters. The molecule has 1 aromatic rings. The molecule has 6 heteroatoms. The van der Waals surface area contributed by atoms with Crippen molar-refractivity contribution in [3.8, 4) is 5.75 Å². The van der Waals surface area contributed by atoms with Gasteiger partial charge in [-0.25, -0.2) is 8.42 Å². The Morgan fingerprint density at radius 3 is 3.00 bits per heavy atom. The van der Waals surface area contributed by atoms with Crippen LogP contribution in [0.15, 0.2) is 11.6 Å². The minimum atomic E-state index is -2.84. The molecule has 13 heavy (non-hydrogen) atoms. The van der Waals surface area contributed by atoms with Gasteiger partial charge in [-0.2, -0.15) is 4.37 Å². The summed E-state index contributed by atoms with van der Waals surface area (Å²) in [5, 5.41) is 1.77. The van der Waals surface area contributed by atoms with Gasteiger partial charge in [-0.1, -0.05) is 0 Å². The van der Waals surface area contributed by atoms with Gasteiger partial charge in [-0.3, -0.25) is 0 Å². The summed E-state index contributed by atoms with van der Waals surface area (Å²) < 4.78 is 31.4. The number of aromatic nitrogens is 1. The Kier molecular flexibility index (Phi) is 2.25. The van der Waals surface area contributed by atoms with Gasteiger partial charge >= 0.3 is 0 Å². The summed E-state index contributed by atoms with van der Waals surface area (Å²) in [7, 11) is -2.84. The maximum atomic E-state index is 11.1. The molecule has 0 aromatic carbocycles. The quantitative estimate of drug-likeness (QED) is 0.735. The largest absolute Gasteiger partial charge is 0.487 e. The summed E-state index contributed by atoms with van der Waals surface area (Å²) in [6.07, 6.45) is 2.02. The average molecular weight is 219 g/mol. The van der Waals surface area contributed by atoms with E-state index in [1.165, 1.54) is 11.5 Å². The number of hydrogen-bond donors (Lipinski definition) is 0. The van der Waals surface area contributed by atoms with Gasteiger partial charge in [0.1, 0.15) is 11.9 Å². The van der Waals surface area contributed by atoms with E-state index in [0.29, 0.717) is 12.2 Å². The highest BCUT2D eigenvalue weighted by atomic mass is 32.2. The highest BCUT2D eigenvalue weighted by Crippen LogP contribution is 2.20. The first-order valence-electron chi connectivity index (χ1n) is 3.92. The van der Waals surface area contributed by atoms with Gasteiger partial charge in [0, 0.05) is 0 Å². The number of sulfone groups is 1. The summed E-state index contributed by atoms with van der Waals surface area (Å²) in [5.74, 6) is 1.06. The van der Waals surface area contributed by atoms with Crippen molar-refractivity contribution in [2.75, 3.05) is 11.5 Å². The second-order valence-corrected chi connectivity index (χ2v) is 5.89. The summed E-state index contributed by atoms with van der Waals surface area (Å²) in [4.78, 5) is 0. The minimum absolute atomic E-state index is 0.142. The lowest BCUT2D eigenvalue weighted by atomic mass is 10.3. The molecule has 0 amide bonds. The molecule has 0 radical (unpaired) electrons. The van der Waals surface area contributed by atoms with E-state index in [-0.39, 0.29) is 17.6 Å². The summed E-state index contributed by atoms with van der Waals surface area (Å²) >= 11 is 1.30. The molecule has 1 atom stereocenters. The van der Waals surface area contributed by atoms with Gasteiger partial charge in [0.2, 0.25) is 0 Å². The topological polar surface area (TPSA) is 56.3 Å². The Labute approximate surface area is 80.6 Å². The second kappa shape index (κ2) is 3.26. The van der Waals surface area contributed by atoms with Gasteiger partial charge in [0.15, 0.2) is 9.84 Å². The van der Waals surface area contributed by atoms with Crippen LogP contribution >= 0.6 is 11.5 Å². The Bertz CT molecular complexity index is 370. The van der Waals surface area contributed by atoms with Crippen LogP contribution < -0.4 is 4.74 Å². The molecule has 1 aromatic heterocycles. The Balaban J connectivity index is 1.99. The van der Waals surface area contributed by atoms with Crippen LogP contribution in [-0.4, -0.2) is 30.4 Å². The van der Waals surface area contributed by atoms with Crippen LogP contribution in [0.5, 0.6) is 5.75 Å². The molecular formula is C7H9NO3S2. The zero-order chi connectivity index (χ0) is 9.31. The zero-order valence-electron chi connectivity index (χ0n) is 6.84. The normalized spacial score (nSPS) is 26.0. The van der Waals surface area contributed by atoms with Gasteiger partial charge in [-0.05, 0) is 18.0 Å². The van der Waals surface area contributed by atoms with Crippen molar-refractivity contribution >= 4 is 21.4 Å². The molecule has 72 valence electrons. The third kappa shape index (κ3) is 2.19. The molecule has 0 N–H and O–H groups in total. The van der Waals surface area contributed by atoms with Crippen molar-refractivity contribution in [1.82, 2.24) is 4.37 Å². The minimum Gasteiger partial charge on any atom is -0.487 e. The first-order valence-corrected chi connectivity index (χ1v) is 6.58. The molecule has 2 rings (SSSR count). The first kappa shape index (κ1) is 8.96. The van der Waals surface area contributed by atoms with Crippen molar-refractivity contribution in [2.24, 2.45) is 0 Å². The molecule has 0 aliphatic carbocycles. The lowest BCUT2D eigenvalue weighted by Crippen LogP contribution is -2.17. The maximum Gasteiger partial charge on any atom is 0.154 e. The fourth-order valence-electron chi connectivity index (χ4n) is 1.30. The summed E-state index contributed by atoms with van der Waals surface area (Å²) in [6, 6.07) is 0. The van der Waals surface area contributed by atoms with Crippen LogP contribution in [0.25, 0.3) is 0 Å².